The quantitative estimate of drug-likeness (QED) is 0.623. The summed E-state index contributed by atoms with van der Waals surface area (Å²) in [7, 11) is 1.79. The standard InChI is InChI=1S/C23H26F3N3O2/c1-27-11-12-28-22(30)19-10-8-16-20(14-5-3-2-4-6-14)29-18-9-7-15(23(24,25)26)13-17(18)21(16)31-19/h2-7,9,13,16,19-21,27,29H,8,10-12H2,1H3,(H,28,30)/t16-,19+,20-,21-/m1/s1. The molecule has 1 fully saturated rings. The lowest BCUT2D eigenvalue weighted by Crippen LogP contribution is -2.46. The molecule has 2 aliphatic heterocycles. The number of carbonyl (C=O) groups excluding carboxylic acids is 1. The maximum atomic E-state index is 13.4. The van der Waals surface area contributed by atoms with Crippen LogP contribution in [0.3, 0.4) is 0 Å². The average Bonchev–Trinajstić information content (AvgIpc) is 2.78. The Morgan fingerprint density at radius 3 is 2.61 bits per heavy atom. The number of ether oxygens (including phenoxy) is 1. The first-order chi connectivity index (χ1) is 14.9. The van der Waals surface area contributed by atoms with Gasteiger partial charge in [-0.3, -0.25) is 4.79 Å². The predicted molar refractivity (Wildman–Crippen MR) is 112 cm³/mol. The normalized spacial score (nSPS) is 25.2. The molecular weight excluding hydrogens is 407 g/mol. The number of benzene rings is 2. The molecule has 0 bridgehead atoms. The third-order valence-corrected chi connectivity index (χ3v) is 6.01. The van der Waals surface area contributed by atoms with Crippen LogP contribution in [0.5, 0.6) is 0 Å². The van der Waals surface area contributed by atoms with Crippen molar-refractivity contribution in [3.05, 3.63) is 65.2 Å². The Bertz CT molecular complexity index is 920. The summed E-state index contributed by atoms with van der Waals surface area (Å²) < 4.78 is 46.3. The van der Waals surface area contributed by atoms with E-state index in [1.54, 1.807) is 7.05 Å². The van der Waals surface area contributed by atoms with Gasteiger partial charge in [-0.25, -0.2) is 0 Å². The van der Waals surface area contributed by atoms with Gasteiger partial charge < -0.3 is 20.7 Å². The van der Waals surface area contributed by atoms with E-state index in [2.05, 4.69) is 16.0 Å². The number of hydrogen-bond acceptors (Lipinski definition) is 4. The van der Waals surface area contributed by atoms with E-state index in [-0.39, 0.29) is 17.9 Å². The third kappa shape index (κ3) is 4.55. The Kier molecular flexibility index (Phi) is 6.20. The first-order valence-corrected chi connectivity index (χ1v) is 10.5. The van der Waals surface area contributed by atoms with E-state index < -0.39 is 23.9 Å². The van der Waals surface area contributed by atoms with Gasteiger partial charge in [0.15, 0.2) is 0 Å². The lowest BCUT2D eigenvalue weighted by Gasteiger charge is -2.45. The van der Waals surface area contributed by atoms with Crippen molar-refractivity contribution in [3.8, 4) is 0 Å². The number of nitrogens with one attached hydrogen (secondary N) is 3. The van der Waals surface area contributed by atoms with Gasteiger partial charge in [0.05, 0.1) is 17.7 Å². The molecule has 5 nitrogen and oxygen atoms in total. The van der Waals surface area contributed by atoms with E-state index >= 15 is 0 Å². The Hall–Kier alpha value is -2.58. The number of amides is 1. The van der Waals surface area contributed by atoms with E-state index in [0.717, 1.165) is 17.7 Å². The van der Waals surface area contributed by atoms with Gasteiger partial charge in [0.2, 0.25) is 5.91 Å². The van der Waals surface area contributed by atoms with Crippen LogP contribution in [0.1, 0.15) is 41.7 Å². The number of hydrogen-bond donors (Lipinski definition) is 3. The molecule has 0 unspecified atom stereocenters. The molecule has 166 valence electrons. The summed E-state index contributed by atoms with van der Waals surface area (Å²) in [5, 5.41) is 9.21. The summed E-state index contributed by atoms with van der Waals surface area (Å²) in [5.41, 5.74) is 1.40. The van der Waals surface area contributed by atoms with Crippen molar-refractivity contribution < 1.29 is 22.7 Å². The highest BCUT2D eigenvalue weighted by Crippen LogP contribution is 2.51. The molecule has 4 rings (SSSR count). The highest BCUT2D eigenvalue weighted by molar-refractivity contribution is 5.81. The summed E-state index contributed by atoms with van der Waals surface area (Å²) in [4.78, 5) is 12.6. The molecule has 4 atom stereocenters. The second-order valence-electron chi connectivity index (χ2n) is 8.01. The summed E-state index contributed by atoms with van der Waals surface area (Å²) in [6.07, 6.45) is -4.55. The number of alkyl halides is 3. The molecular formula is C23H26F3N3O2. The molecule has 0 saturated carbocycles. The molecule has 1 saturated heterocycles. The van der Waals surface area contributed by atoms with Crippen molar-refractivity contribution in [1.29, 1.82) is 0 Å². The fourth-order valence-electron chi connectivity index (χ4n) is 4.48. The van der Waals surface area contributed by atoms with Crippen LogP contribution in [0.15, 0.2) is 48.5 Å². The minimum atomic E-state index is -4.45. The van der Waals surface area contributed by atoms with Crippen molar-refractivity contribution in [2.24, 2.45) is 5.92 Å². The highest BCUT2D eigenvalue weighted by Gasteiger charge is 2.44. The van der Waals surface area contributed by atoms with Gasteiger partial charge in [0.1, 0.15) is 6.10 Å². The third-order valence-electron chi connectivity index (χ3n) is 6.01. The molecule has 0 radical (unpaired) electrons. The van der Waals surface area contributed by atoms with Crippen LogP contribution < -0.4 is 16.0 Å². The molecule has 0 aromatic heterocycles. The fourth-order valence-corrected chi connectivity index (χ4v) is 4.48. The van der Waals surface area contributed by atoms with E-state index in [1.807, 2.05) is 30.3 Å². The molecule has 0 aliphatic carbocycles. The van der Waals surface area contributed by atoms with E-state index in [4.69, 9.17) is 4.74 Å². The zero-order chi connectivity index (χ0) is 22.0. The van der Waals surface area contributed by atoms with Crippen LogP contribution in [0, 0.1) is 5.92 Å². The van der Waals surface area contributed by atoms with Crippen LogP contribution in [0.4, 0.5) is 18.9 Å². The topological polar surface area (TPSA) is 62.4 Å². The van der Waals surface area contributed by atoms with Gasteiger partial charge in [-0.15, -0.1) is 0 Å². The minimum Gasteiger partial charge on any atom is -0.378 e. The first kappa shape index (κ1) is 21.6. The summed E-state index contributed by atoms with van der Waals surface area (Å²) in [5.74, 6) is -0.309. The summed E-state index contributed by atoms with van der Waals surface area (Å²) in [6, 6.07) is 13.4. The van der Waals surface area contributed by atoms with Crippen molar-refractivity contribution in [3.63, 3.8) is 0 Å². The van der Waals surface area contributed by atoms with Crippen molar-refractivity contribution in [2.45, 2.75) is 37.3 Å². The van der Waals surface area contributed by atoms with Crippen LogP contribution >= 0.6 is 0 Å². The molecule has 8 heteroatoms. The van der Waals surface area contributed by atoms with Gasteiger partial charge in [0.25, 0.3) is 0 Å². The van der Waals surface area contributed by atoms with Gasteiger partial charge in [0, 0.05) is 30.3 Å². The molecule has 2 heterocycles. The molecule has 31 heavy (non-hydrogen) atoms. The minimum absolute atomic E-state index is 0.0836. The van der Waals surface area contributed by atoms with E-state index in [0.29, 0.717) is 37.2 Å². The maximum Gasteiger partial charge on any atom is 0.416 e. The second kappa shape index (κ2) is 8.88. The Morgan fingerprint density at radius 2 is 1.90 bits per heavy atom. The molecule has 2 aromatic rings. The van der Waals surface area contributed by atoms with Gasteiger partial charge >= 0.3 is 6.18 Å². The summed E-state index contributed by atoms with van der Waals surface area (Å²) >= 11 is 0. The number of fused-ring (bicyclic) bond motifs is 3. The highest BCUT2D eigenvalue weighted by atomic mass is 19.4. The van der Waals surface area contributed by atoms with E-state index in [9.17, 15) is 18.0 Å². The van der Waals surface area contributed by atoms with Crippen molar-refractivity contribution in [1.82, 2.24) is 10.6 Å². The predicted octanol–water partition coefficient (Wildman–Crippen LogP) is 4.04. The fraction of sp³-hybridized carbons (Fsp3) is 0.435. The molecule has 2 aliphatic rings. The lowest BCUT2D eigenvalue weighted by atomic mass is 9.76. The summed E-state index contributed by atoms with van der Waals surface area (Å²) in [6.45, 7) is 1.09. The maximum absolute atomic E-state index is 13.4. The largest absolute Gasteiger partial charge is 0.416 e. The molecule has 3 N–H and O–H groups in total. The van der Waals surface area contributed by atoms with Gasteiger partial charge in [-0.05, 0) is 43.7 Å². The number of likely N-dealkylation sites (N-methyl/N-ethyl adjacent to an activating group) is 1. The van der Waals surface area contributed by atoms with Crippen LogP contribution in [0.2, 0.25) is 0 Å². The monoisotopic (exact) mass is 433 g/mol. The number of carbonyl (C=O) groups is 1. The zero-order valence-corrected chi connectivity index (χ0v) is 17.2. The Morgan fingerprint density at radius 1 is 1.13 bits per heavy atom. The molecule has 0 spiro atoms. The average molecular weight is 433 g/mol. The molecule has 1 amide bonds. The van der Waals surface area contributed by atoms with Crippen LogP contribution in [0.25, 0.3) is 0 Å². The second-order valence-corrected chi connectivity index (χ2v) is 8.01. The van der Waals surface area contributed by atoms with Gasteiger partial charge in [-0.2, -0.15) is 13.2 Å². The Balaban J connectivity index is 1.66. The zero-order valence-electron chi connectivity index (χ0n) is 17.2. The number of halogens is 3. The Labute approximate surface area is 179 Å². The number of rotatable bonds is 5. The van der Waals surface area contributed by atoms with Crippen molar-refractivity contribution >= 4 is 11.6 Å². The smallest absolute Gasteiger partial charge is 0.378 e. The van der Waals surface area contributed by atoms with Crippen LogP contribution in [-0.2, 0) is 15.7 Å². The van der Waals surface area contributed by atoms with Crippen molar-refractivity contribution in [2.75, 3.05) is 25.5 Å². The van der Waals surface area contributed by atoms with Crippen LogP contribution in [-0.4, -0.2) is 32.1 Å². The number of anilines is 1. The lowest BCUT2D eigenvalue weighted by molar-refractivity contribution is -0.149. The van der Waals surface area contributed by atoms with Gasteiger partial charge in [-0.1, -0.05) is 30.3 Å². The molecule has 2 aromatic carbocycles. The van der Waals surface area contributed by atoms with E-state index in [1.165, 1.54) is 6.07 Å². The first-order valence-electron chi connectivity index (χ1n) is 10.5. The SMILES string of the molecule is CNCCNC(=O)[C@@H]1CC[C@@H]2[C@@H](c3ccccc3)Nc3ccc(C(F)(F)F)cc3[C@@H]2O1.